The first kappa shape index (κ1) is 16.2. The zero-order valence-electron chi connectivity index (χ0n) is 12.9. The summed E-state index contributed by atoms with van der Waals surface area (Å²) in [5.74, 6) is 1.45. The molecule has 0 aromatic carbocycles. The molecule has 1 aliphatic heterocycles. The zero-order valence-corrected chi connectivity index (χ0v) is 12.9. The highest BCUT2D eigenvalue weighted by Crippen LogP contribution is 2.27. The summed E-state index contributed by atoms with van der Waals surface area (Å²) in [6, 6.07) is 0.532. The number of likely N-dealkylation sites (tertiary alicyclic amines) is 1. The van der Waals surface area contributed by atoms with Crippen LogP contribution in [-0.2, 0) is 0 Å². The Morgan fingerprint density at radius 3 is 2.65 bits per heavy atom. The molecular formula is C16H32N2O2. The van der Waals surface area contributed by atoms with Crippen molar-refractivity contribution >= 4 is 0 Å². The summed E-state index contributed by atoms with van der Waals surface area (Å²) in [7, 11) is 0. The van der Waals surface area contributed by atoms with Gasteiger partial charge in [0.05, 0.1) is 12.7 Å². The minimum absolute atomic E-state index is 0.165. The highest BCUT2D eigenvalue weighted by atomic mass is 16.3. The first-order valence-electron chi connectivity index (χ1n) is 8.45. The summed E-state index contributed by atoms with van der Waals surface area (Å²) in [5, 5.41) is 22.8. The molecule has 20 heavy (non-hydrogen) atoms. The Hall–Kier alpha value is -0.160. The lowest BCUT2D eigenvalue weighted by Crippen LogP contribution is -2.51. The maximum atomic E-state index is 9.89. The van der Waals surface area contributed by atoms with Gasteiger partial charge in [-0.15, -0.1) is 0 Å². The summed E-state index contributed by atoms with van der Waals surface area (Å²) >= 11 is 0. The third-order valence-corrected chi connectivity index (χ3v) is 5.03. The van der Waals surface area contributed by atoms with Crippen molar-refractivity contribution in [1.82, 2.24) is 10.2 Å². The van der Waals surface area contributed by atoms with Crippen LogP contribution in [0, 0.1) is 11.8 Å². The van der Waals surface area contributed by atoms with E-state index in [2.05, 4.69) is 10.2 Å². The van der Waals surface area contributed by atoms with Crippen molar-refractivity contribution < 1.29 is 10.2 Å². The molecule has 0 amide bonds. The molecule has 1 saturated carbocycles. The lowest BCUT2D eigenvalue weighted by molar-refractivity contribution is 0.0728. The molecule has 118 valence electrons. The third-order valence-electron chi connectivity index (χ3n) is 5.03. The molecule has 3 atom stereocenters. The Balaban J connectivity index is 1.79. The maximum absolute atomic E-state index is 9.89. The lowest BCUT2D eigenvalue weighted by Gasteiger charge is -2.39. The normalized spacial score (nSPS) is 30.1. The van der Waals surface area contributed by atoms with E-state index in [4.69, 9.17) is 0 Å². The van der Waals surface area contributed by atoms with Crippen LogP contribution in [0.3, 0.4) is 0 Å². The fourth-order valence-electron chi connectivity index (χ4n) is 3.53. The van der Waals surface area contributed by atoms with Gasteiger partial charge in [0.15, 0.2) is 0 Å². The predicted octanol–water partition coefficient (Wildman–Crippen LogP) is 1.22. The summed E-state index contributed by atoms with van der Waals surface area (Å²) in [6.45, 7) is 6.27. The van der Waals surface area contributed by atoms with E-state index in [0.29, 0.717) is 12.0 Å². The van der Waals surface area contributed by atoms with Crippen LogP contribution >= 0.6 is 0 Å². The second-order valence-corrected chi connectivity index (χ2v) is 6.78. The number of hydrogen-bond donors (Lipinski definition) is 3. The van der Waals surface area contributed by atoms with E-state index in [0.717, 1.165) is 44.9 Å². The van der Waals surface area contributed by atoms with Gasteiger partial charge in [-0.1, -0.05) is 13.3 Å². The Kier molecular flexibility index (Phi) is 6.75. The Bertz CT molecular complexity index is 271. The topological polar surface area (TPSA) is 55.7 Å². The molecular weight excluding hydrogens is 252 g/mol. The fourth-order valence-corrected chi connectivity index (χ4v) is 3.53. The van der Waals surface area contributed by atoms with E-state index < -0.39 is 0 Å². The standard InChI is InChI=1S/C16H32N2O2/c1-2-16(20)9-14-8-15(12-18(11-14)6-7-19)17-10-13-4-3-5-13/h13-17,19-20H,2-12H2,1H3. The number of aliphatic hydroxyl groups excluding tert-OH is 2. The second kappa shape index (κ2) is 8.32. The number of nitrogens with one attached hydrogen (secondary N) is 1. The number of nitrogens with zero attached hydrogens (tertiary/aromatic N) is 1. The molecule has 0 spiro atoms. The molecule has 1 saturated heterocycles. The monoisotopic (exact) mass is 284 g/mol. The van der Waals surface area contributed by atoms with Gasteiger partial charge in [-0.25, -0.2) is 0 Å². The van der Waals surface area contributed by atoms with Crippen molar-refractivity contribution in [3.8, 4) is 0 Å². The van der Waals surface area contributed by atoms with Crippen LogP contribution in [0.2, 0.25) is 0 Å². The predicted molar refractivity (Wildman–Crippen MR) is 81.7 cm³/mol. The average molecular weight is 284 g/mol. The molecule has 1 heterocycles. The van der Waals surface area contributed by atoms with Crippen LogP contribution in [0.1, 0.15) is 45.4 Å². The molecule has 2 fully saturated rings. The number of aliphatic hydroxyl groups is 2. The molecule has 0 aromatic rings. The smallest absolute Gasteiger partial charge is 0.0558 e. The number of hydrogen-bond acceptors (Lipinski definition) is 4. The van der Waals surface area contributed by atoms with Crippen molar-refractivity contribution in [1.29, 1.82) is 0 Å². The number of piperidine rings is 1. The van der Waals surface area contributed by atoms with E-state index in [9.17, 15) is 10.2 Å². The second-order valence-electron chi connectivity index (χ2n) is 6.78. The van der Waals surface area contributed by atoms with E-state index in [1.54, 1.807) is 0 Å². The quantitative estimate of drug-likeness (QED) is 0.627. The molecule has 4 nitrogen and oxygen atoms in total. The molecule has 0 aromatic heterocycles. The molecule has 4 heteroatoms. The van der Waals surface area contributed by atoms with Gasteiger partial charge >= 0.3 is 0 Å². The Morgan fingerprint density at radius 2 is 2.05 bits per heavy atom. The van der Waals surface area contributed by atoms with Gasteiger partial charge in [0.1, 0.15) is 0 Å². The minimum Gasteiger partial charge on any atom is -0.395 e. The molecule has 3 unspecified atom stereocenters. The summed E-state index contributed by atoms with van der Waals surface area (Å²) in [4.78, 5) is 2.36. The Labute approximate surface area is 123 Å². The van der Waals surface area contributed by atoms with Crippen molar-refractivity contribution in [2.24, 2.45) is 11.8 Å². The van der Waals surface area contributed by atoms with Gasteiger partial charge in [0, 0.05) is 25.7 Å². The van der Waals surface area contributed by atoms with Crippen molar-refractivity contribution in [2.75, 3.05) is 32.8 Å². The van der Waals surface area contributed by atoms with Crippen molar-refractivity contribution in [3.63, 3.8) is 0 Å². The summed E-state index contributed by atoms with van der Waals surface area (Å²) < 4.78 is 0. The lowest BCUT2D eigenvalue weighted by atomic mass is 9.84. The van der Waals surface area contributed by atoms with Crippen LogP contribution in [-0.4, -0.2) is 60.0 Å². The number of rotatable bonds is 8. The highest BCUT2D eigenvalue weighted by molar-refractivity contribution is 4.86. The zero-order chi connectivity index (χ0) is 14.4. The van der Waals surface area contributed by atoms with Crippen LogP contribution in [0.25, 0.3) is 0 Å². The first-order valence-corrected chi connectivity index (χ1v) is 8.45. The van der Waals surface area contributed by atoms with E-state index in [-0.39, 0.29) is 12.7 Å². The van der Waals surface area contributed by atoms with Crippen molar-refractivity contribution in [3.05, 3.63) is 0 Å². The maximum Gasteiger partial charge on any atom is 0.0558 e. The van der Waals surface area contributed by atoms with Crippen LogP contribution in [0.5, 0.6) is 0 Å². The Morgan fingerprint density at radius 1 is 1.25 bits per heavy atom. The van der Waals surface area contributed by atoms with Gasteiger partial charge < -0.3 is 15.5 Å². The van der Waals surface area contributed by atoms with Gasteiger partial charge in [-0.2, -0.15) is 0 Å². The van der Waals surface area contributed by atoms with Crippen LogP contribution in [0.4, 0.5) is 0 Å². The highest BCUT2D eigenvalue weighted by Gasteiger charge is 2.28. The van der Waals surface area contributed by atoms with E-state index >= 15 is 0 Å². The minimum atomic E-state index is -0.165. The van der Waals surface area contributed by atoms with Crippen molar-refractivity contribution in [2.45, 2.75) is 57.6 Å². The van der Waals surface area contributed by atoms with Gasteiger partial charge in [0.2, 0.25) is 0 Å². The molecule has 0 bridgehead atoms. The van der Waals surface area contributed by atoms with E-state index in [1.165, 1.54) is 25.7 Å². The molecule has 2 rings (SSSR count). The SMILES string of the molecule is CCC(O)CC1CC(NCC2CCC2)CN(CCO)C1. The van der Waals surface area contributed by atoms with Gasteiger partial charge in [-0.3, -0.25) is 4.90 Å². The third kappa shape index (κ3) is 4.99. The molecule has 0 radical (unpaired) electrons. The molecule has 1 aliphatic carbocycles. The van der Waals surface area contributed by atoms with E-state index in [1.807, 2.05) is 6.92 Å². The van der Waals surface area contributed by atoms with Gasteiger partial charge in [-0.05, 0) is 50.5 Å². The van der Waals surface area contributed by atoms with Crippen LogP contribution in [0.15, 0.2) is 0 Å². The molecule has 3 N–H and O–H groups in total. The van der Waals surface area contributed by atoms with Crippen LogP contribution < -0.4 is 5.32 Å². The summed E-state index contributed by atoms with van der Waals surface area (Å²) in [6.07, 6.45) is 6.93. The average Bonchev–Trinajstić information content (AvgIpc) is 2.37. The first-order chi connectivity index (χ1) is 9.71. The fraction of sp³-hybridized carbons (Fsp3) is 1.00. The van der Waals surface area contributed by atoms with Gasteiger partial charge in [0.25, 0.3) is 0 Å². The number of β-amino-alcohol motifs (C(OH)–C–C–N with tert-alkyl or cyclic N) is 1. The summed E-state index contributed by atoms with van der Waals surface area (Å²) in [5.41, 5.74) is 0. The largest absolute Gasteiger partial charge is 0.395 e. The molecule has 2 aliphatic rings.